The number of thiophene rings is 1. The number of carbonyl (C=O) groups excluding carboxylic acids is 1. The summed E-state index contributed by atoms with van der Waals surface area (Å²) in [5, 5.41) is 4.79. The summed E-state index contributed by atoms with van der Waals surface area (Å²) in [5.74, 6) is -0.275. The molecular weight excluding hydrogens is 344 g/mol. The van der Waals surface area contributed by atoms with E-state index < -0.39 is 0 Å². The van der Waals surface area contributed by atoms with Gasteiger partial charge in [-0.2, -0.15) is 0 Å². The number of nitrogens with zero attached hydrogens (tertiary/aromatic N) is 1. The lowest BCUT2D eigenvalue weighted by molar-refractivity contribution is -0.0473. The number of carbonyl (C=O) groups is 1. The molecule has 1 aromatic heterocycles. The van der Waals surface area contributed by atoms with Gasteiger partial charge in [0.2, 0.25) is 0 Å². The lowest BCUT2D eigenvalue weighted by Crippen LogP contribution is -2.49. The maximum Gasteiger partial charge on any atom is 0.341 e. The monoisotopic (exact) mass is 368 g/mol. The van der Waals surface area contributed by atoms with Gasteiger partial charge in [-0.1, -0.05) is 0 Å². The standard InChI is InChI=1S/C17H24N2O3S2/c1-10-8-19(9-11(2)22-10)17(23)18-15-14(16(20)21-3)12-6-4-5-7-13(12)24-15/h10-11H,4-9H2,1-3H3,(H,18,23)/t10-,11+. The van der Waals surface area contributed by atoms with Gasteiger partial charge in [0.05, 0.1) is 24.9 Å². The van der Waals surface area contributed by atoms with E-state index in [1.165, 1.54) is 18.4 Å². The molecule has 132 valence electrons. The number of esters is 1. The molecular formula is C17H24N2O3S2. The minimum absolute atomic E-state index is 0.144. The van der Waals surface area contributed by atoms with Gasteiger partial charge in [-0.05, 0) is 57.3 Å². The molecule has 1 fully saturated rings. The normalized spacial score (nSPS) is 23.5. The van der Waals surface area contributed by atoms with Crippen LogP contribution in [0.3, 0.4) is 0 Å². The number of aryl methyl sites for hydroxylation is 1. The number of morpholine rings is 1. The number of hydrogen-bond acceptors (Lipinski definition) is 5. The number of rotatable bonds is 2. The Bertz CT molecular complexity index is 634. The quantitative estimate of drug-likeness (QED) is 0.639. The van der Waals surface area contributed by atoms with Crippen molar-refractivity contribution in [3.8, 4) is 0 Å². The van der Waals surface area contributed by atoms with Crippen LogP contribution in [0, 0.1) is 0 Å². The molecule has 1 aliphatic heterocycles. The summed E-state index contributed by atoms with van der Waals surface area (Å²) in [6.07, 6.45) is 4.56. The van der Waals surface area contributed by atoms with Crippen LogP contribution in [0.5, 0.6) is 0 Å². The van der Waals surface area contributed by atoms with E-state index in [0.29, 0.717) is 10.7 Å². The van der Waals surface area contributed by atoms with Crippen molar-refractivity contribution in [2.24, 2.45) is 0 Å². The van der Waals surface area contributed by atoms with E-state index in [-0.39, 0.29) is 18.2 Å². The Labute approximate surface area is 152 Å². The first-order valence-electron chi connectivity index (χ1n) is 8.43. The van der Waals surface area contributed by atoms with Crippen molar-refractivity contribution in [1.29, 1.82) is 0 Å². The number of methoxy groups -OCH3 is 1. The Balaban J connectivity index is 1.82. The van der Waals surface area contributed by atoms with Crippen molar-refractivity contribution < 1.29 is 14.3 Å². The predicted octanol–water partition coefficient (Wildman–Crippen LogP) is 3.22. The van der Waals surface area contributed by atoms with Gasteiger partial charge in [0, 0.05) is 18.0 Å². The fourth-order valence-corrected chi connectivity index (χ4v) is 5.08. The molecule has 0 unspecified atom stereocenters. The first-order valence-corrected chi connectivity index (χ1v) is 9.66. The second-order valence-electron chi connectivity index (χ2n) is 6.50. The van der Waals surface area contributed by atoms with Crippen LogP contribution in [0.4, 0.5) is 5.00 Å². The van der Waals surface area contributed by atoms with Crippen LogP contribution in [0.1, 0.15) is 47.5 Å². The topological polar surface area (TPSA) is 50.8 Å². The van der Waals surface area contributed by atoms with Crippen molar-refractivity contribution in [3.05, 3.63) is 16.0 Å². The number of anilines is 1. The molecule has 1 saturated heterocycles. The van der Waals surface area contributed by atoms with E-state index in [1.54, 1.807) is 11.3 Å². The highest BCUT2D eigenvalue weighted by Gasteiger charge is 2.29. The molecule has 2 aliphatic rings. The third kappa shape index (κ3) is 3.58. The maximum atomic E-state index is 12.3. The molecule has 7 heteroatoms. The van der Waals surface area contributed by atoms with Crippen LogP contribution >= 0.6 is 23.6 Å². The summed E-state index contributed by atoms with van der Waals surface area (Å²) in [6.45, 7) is 5.62. The van der Waals surface area contributed by atoms with Gasteiger partial charge in [0.15, 0.2) is 5.11 Å². The van der Waals surface area contributed by atoms with Gasteiger partial charge in [-0.25, -0.2) is 4.79 Å². The smallest absolute Gasteiger partial charge is 0.341 e. The highest BCUT2D eigenvalue weighted by molar-refractivity contribution is 7.80. The molecule has 1 aliphatic carbocycles. The molecule has 1 aromatic rings. The third-order valence-electron chi connectivity index (χ3n) is 4.49. The Morgan fingerprint density at radius 2 is 1.96 bits per heavy atom. The second-order valence-corrected chi connectivity index (χ2v) is 7.99. The van der Waals surface area contributed by atoms with Gasteiger partial charge in [-0.15, -0.1) is 11.3 Å². The maximum absolute atomic E-state index is 12.3. The number of ether oxygens (including phenoxy) is 2. The van der Waals surface area contributed by atoms with Gasteiger partial charge >= 0.3 is 5.97 Å². The van der Waals surface area contributed by atoms with Crippen LogP contribution < -0.4 is 5.32 Å². The molecule has 5 nitrogen and oxygen atoms in total. The Morgan fingerprint density at radius 1 is 1.29 bits per heavy atom. The zero-order chi connectivity index (χ0) is 17.3. The molecule has 2 atom stereocenters. The van der Waals surface area contributed by atoms with Crippen LogP contribution in [0.25, 0.3) is 0 Å². The summed E-state index contributed by atoms with van der Waals surface area (Å²) in [4.78, 5) is 15.7. The molecule has 24 heavy (non-hydrogen) atoms. The highest BCUT2D eigenvalue weighted by atomic mass is 32.1. The van der Waals surface area contributed by atoms with Crippen molar-refractivity contribution in [3.63, 3.8) is 0 Å². The third-order valence-corrected chi connectivity index (χ3v) is 6.06. The Morgan fingerprint density at radius 3 is 2.62 bits per heavy atom. The first kappa shape index (κ1) is 17.6. The average molecular weight is 369 g/mol. The lowest BCUT2D eigenvalue weighted by atomic mass is 9.95. The SMILES string of the molecule is COC(=O)c1c(NC(=S)N2C[C@@H](C)O[C@@H](C)C2)sc2c1CCCC2. The summed E-state index contributed by atoms with van der Waals surface area (Å²) >= 11 is 7.24. The van der Waals surface area contributed by atoms with Crippen LogP contribution in [-0.4, -0.2) is 48.4 Å². The minimum atomic E-state index is -0.275. The molecule has 0 radical (unpaired) electrons. The van der Waals surface area contributed by atoms with Crippen LogP contribution in [-0.2, 0) is 22.3 Å². The van der Waals surface area contributed by atoms with E-state index in [1.807, 2.05) is 0 Å². The molecule has 0 aromatic carbocycles. The fourth-order valence-electron chi connectivity index (χ4n) is 3.49. The Kier molecular flexibility index (Phi) is 5.42. The van der Waals surface area contributed by atoms with Gasteiger partial charge < -0.3 is 19.7 Å². The van der Waals surface area contributed by atoms with Crippen LogP contribution in [0.2, 0.25) is 0 Å². The number of hydrogen-bond donors (Lipinski definition) is 1. The van der Waals surface area contributed by atoms with Crippen molar-refractivity contribution in [1.82, 2.24) is 4.90 Å². The van der Waals surface area contributed by atoms with Crippen molar-refractivity contribution >= 4 is 39.6 Å². The summed E-state index contributed by atoms with van der Waals surface area (Å²) in [7, 11) is 1.43. The zero-order valence-electron chi connectivity index (χ0n) is 14.4. The number of thiocarbonyl (C=S) groups is 1. The van der Waals surface area contributed by atoms with E-state index in [2.05, 4.69) is 24.1 Å². The molecule has 2 heterocycles. The molecule has 0 saturated carbocycles. The van der Waals surface area contributed by atoms with Gasteiger partial charge in [-0.3, -0.25) is 0 Å². The van der Waals surface area contributed by atoms with E-state index in [9.17, 15) is 4.79 Å². The summed E-state index contributed by atoms with van der Waals surface area (Å²) in [6, 6.07) is 0. The fraction of sp³-hybridized carbons (Fsp3) is 0.647. The first-order chi connectivity index (χ1) is 11.5. The molecule has 3 rings (SSSR count). The summed E-state index contributed by atoms with van der Waals surface area (Å²) in [5.41, 5.74) is 1.82. The summed E-state index contributed by atoms with van der Waals surface area (Å²) < 4.78 is 10.8. The number of fused-ring (bicyclic) bond motifs is 1. The van der Waals surface area contributed by atoms with Crippen LogP contribution in [0.15, 0.2) is 0 Å². The molecule has 1 N–H and O–H groups in total. The largest absolute Gasteiger partial charge is 0.465 e. The predicted molar refractivity (Wildman–Crippen MR) is 100 cm³/mol. The van der Waals surface area contributed by atoms with Crippen molar-refractivity contribution in [2.75, 3.05) is 25.5 Å². The minimum Gasteiger partial charge on any atom is -0.465 e. The average Bonchev–Trinajstić information content (AvgIpc) is 2.91. The van der Waals surface area contributed by atoms with Gasteiger partial charge in [0.25, 0.3) is 0 Å². The lowest BCUT2D eigenvalue weighted by Gasteiger charge is -2.36. The Hall–Kier alpha value is -1.18. The van der Waals surface area contributed by atoms with Gasteiger partial charge in [0.1, 0.15) is 5.00 Å². The van der Waals surface area contributed by atoms with Crippen molar-refractivity contribution in [2.45, 2.75) is 51.7 Å². The highest BCUT2D eigenvalue weighted by Crippen LogP contribution is 2.38. The molecule has 0 spiro atoms. The van der Waals surface area contributed by atoms with E-state index in [0.717, 1.165) is 42.9 Å². The molecule has 0 bridgehead atoms. The van der Waals surface area contributed by atoms with E-state index >= 15 is 0 Å². The van der Waals surface area contributed by atoms with E-state index in [4.69, 9.17) is 21.7 Å². The number of nitrogens with one attached hydrogen (secondary N) is 1. The second kappa shape index (κ2) is 7.37. The zero-order valence-corrected chi connectivity index (χ0v) is 16.0. The molecule has 0 amide bonds.